The Morgan fingerprint density at radius 1 is 0.960 bits per heavy atom. The van der Waals surface area contributed by atoms with E-state index in [1.165, 1.54) is 32.1 Å². The van der Waals surface area contributed by atoms with E-state index in [0.717, 1.165) is 19.3 Å². The minimum Gasteiger partial charge on any atom is -0.550 e. The molecule has 1 unspecified atom stereocenters. The molecule has 5 nitrogen and oxygen atoms in total. The van der Waals surface area contributed by atoms with Gasteiger partial charge in [-0.1, -0.05) is 44.8 Å². The number of carboxylic acid groups (broad SMARTS) is 1. The first-order valence-corrected chi connectivity index (χ1v) is 9.62. The highest BCUT2D eigenvalue weighted by molar-refractivity contribution is 5.69. The third kappa shape index (κ3) is 14.7. The fraction of sp³-hybridized carbons (Fsp3) is 0.800. The van der Waals surface area contributed by atoms with Crippen LogP contribution < -0.4 is 5.11 Å². The Morgan fingerprint density at radius 3 is 2.12 bits per heavy atom. The van der Waals surface area contributed by atoms with E-state index in [0.29, 0.717) is 10.9 Å². The molecule has 0 bridgehead atoms. The van der Waals surface area contributed by atoms with E-state index in [1.54, 1.807) is 0 Å². The van der Waals surface area contributed by atoms with Crippen molar-refractivity contribution < 1.29 is 23.9 Å². The molecule has 0 aliphatic carbocycles. The fourth-order valence-corrected chi connectivity index (χ4v) is 2.52. The minimum absolute atomic E-state index is 0.103. The molecule has 0 aliphatic rings. The lowest BCUT2D eigenvalue weighted by Gasteiger charge is -2.33. The van der Waals surface area contributed by atoms with E-state index in [1.807, 2.05) is 21.1 Å². The summed E-state index contributed by atoms with van der Waals surface area (Å²) in [5.74, 6) is -1.38. The number of carbonyl (C=O) groups excluding carboxylic acids is 2. The predicted molar refractivity (Wildman–Crippen MR) is 98.5 cm³/mol. The number of quaternary nitrogens is 1. The van der Waals surface area contributed by atoms with Crippen molar-refractivity contribution in [1.82, 2.24) is 0 Å². The van der Waals surface area contributed by atoms with Crippen molar-refractivity contribution in [2.24, 2.45) is 0 Å². The number of carbonyl (C=O) groups is 2. The molecular formula is C20H37NO4. The van der Waals surface area contributed by atoms with Gasteiger partial charge in [-0.05, 0) is 32.1 Å². The van der Waals surface area contributed by atoms with Gasteiger partial charge < -0.3 is 14.6 Å². The molecular weight excluding hydrogens is 318 g/mol. The summed E-state index contributed by atoms with van der Waals surface area (Å²) in [6.45, 7) is 2.22. The molecule has 0 spiro atoms. The maximum absolute atomic E-state index is 12.0. The molecule has 0 heterocycles. The van der Waals surface area contributed by atoms with Crippen LogP contribution in [0.4, 0.5) is 0 Å². The first-order chi connectivity index (χ1) is 11.8. The second-order valence-corrected chi connectivity index (χ2v) is 7.54. The number of hydrogen-bond donors (Lipinski definition) is 0. The molecule has 0 N–H and O–H groups in total. The molecule has 0 amide bonds. The Hall–Kier alpha value is -1.36. The largest absolute Gasteiger partial charge is 0.550 e. The highest BCUT2D eigenvalue weighted by Crippen LogP contribution is 2.14. The fourth-order valence-electron chi connectivity index (χ4n) is 2.52. The van der Waals surface area contributed by atoms with Gasteiger partial charge in [-0.3, -0.25) is 9.28 Å². The zero-order valence-electron chi connectivity index (χ0n) is 16.6. The molecule has 0 fully saturated rings. The van der Waals surface area contributed by atoms with E-state index in [4.69, 9.17) is 4.74 Å². The van der Waals surface area contributed by atoms with E-state index in [9.17, 15) is 14.7 Å². The number of aliphatic carboxylic acids is 1. The summed E-state index contributed by atoms with van der Waals surface area (Å²) in [7, 11) is 5.66. The highest BCUT2D eigenvalue weighted by Gasteiger charge is 2.27. The monoisotopic (exact) mass is 355 g/mol. The van der Waals surface area contributed by atoms with Crippen LogP contribution in [-0.4, -0.2) is 43.8 Å². The topological polar surface area (TPSA) is 66.4 Å². The van der Waals surface area contributed by atoms with Crippen molar-refractivity contribution in [3.05, 3.63) is 12.2 Å². The van der Waals surface area contributed by atoms with Gasteiger partial charge in [0.15, 0.2) is 0 Å². The molecule has 0 aromatic heterocycles. The summed E-state index contributed by atoms with van der Waals surface area (Å²) in [5.41, 5.74) is 0. The molecule has 0 radical (unpaired) electrons. The van der Waals surface area contributed by atoms with Crippen molar-refractivity contribution >= 4 is 11.9 Å². The summed E-state index contributed by atoms with van der Waals surface area (Å²) < 4.78 is 5.85. The molecule has 0 aromatic carbocycles. The van der Waals surface area contributed by atoms with Crippen LogP contribution in [0.3, 0.4) is 0 Å². The van der Waals surface area contributed by atoms with Crippen LogP contribution in [0.5, 0.6) is 0 Å². The number of rotatable bonds is 15. The quantitative estimate of drug-likeness (QED) is 0.149. The van der Waals surface area contributed by atoms with E-state index in [2.05, 4.69) is 19.1 Å². The molecule has 0 saturated carbocycles. The second-order valence-electron chi connectivity index (χ2n) is 7.54. The Labute approximate surface area is 153 Å². The third-order valence-corrected chi connectivity index (χ3v) is 4.12. The molecule has 5 heteroatoms. The number of nitrogens with zero attached hydrogens (tertiary/aromatic N) is 1. The van der Waals surface area contributed by atoms with Crippen LogP contribution in [0.25, 0.3) is 0 Å². The maximum atomic E-state index is 12.0. The van der Waals surface area contributed by atoms with Gasteiger partial charge in [0, 0.05) is 18.8 Å². The Balaban J connectivity index is 3.90. The number of carboxylic acids is 1. The van der Waals surface area contributed by atoms with Crippen LogP contribution >= 0.6 is 0 Å². The lowest BCUT2D eigenvalue weighted by molar-refractivity contribution is -0.917. The average molecular weight is 356 g/mol. The molecule has 0 saturated heterocycles. The van der Waals surface area contributed by atoms with Gasteiger partial charge in [-0.15, -0.1) is 0 Å². The number of allylic oxidation sites excluding steroid dienone is 2. The van der Waals surface area contributed by atoms with Crippen LogP contribution in [0.2, 0.25) is 0 Å². The first kappa shape index (κ1) is 23.6. The second kappa shape index (κ2) is 13.9. The van der Waals surface area contributed by atoms with Gasteiger partial charge in [0.2, 0.25) is 6.23 Å². The van der Waals surface area contributed by atoms with Crippen molar-refractivity contribution in [3.63, 3.8) is 0 Å². The van der Waals surface area contributed by atoms with Crippen molar-refractivity contribution in [3.8, 4) is 0 Å². The normalized spacial score (nSPS) is 13.1. The van der Waals surface area contributed by atoms with Gasteiger partial charge in [0.1, 0.15) is 0 Å². The lowest BCUT2D eigenvalue weighted by Crippen LogP contribution is -2.48. The highest BCUT2D eigenvalue weighted by atomic mass is 16.6. The summed E-state index contributed by atoms with van der Waals surface area (Å²) >= 11 is 0. The summed E-state index contributed by atoms with van der Waals surface area (Å²) in [6.07, 6.45) is 13.6. The summed E-state index contributed by atoms with van der Waals surface area (Å²) in [6, 6.07) is 0. The van der Waals surface area contributed by atoms with Gasteiger partial charge in [-0.2, -0.15) is 0 Å². The van der Waals surface area contributed by atoms with Crippen LogP contribution in [0.1, 0.15) is 77.6 Å². The molecule has 0 rings (SSSR count). The van der Waals surface area contributed by atoms with Crippen molar-refractivity contribution in [1.29, 1.82) is 0 Å². The standard InChI is InChI=1S/C20H37NO4/c1-5-6-7-8-9-10-11-12-13-14-15-20(24)25-18(21(2,3)4)16-17-19(22)23/h11-12,18H,5-10,13-17H2,1-4H3/b12-11-. The lowest BCUT2D eigenvalue weighted by atomic mass is 10.1. The molecule has 1 atom stereocenters. The smallest absolute Gasteiger partial charge is 0.310 e. The number of ether oxygens (including phenoxy) is 1. The van der Waals surface area contributed by atoms with Crippen LogP contribution in [0.15, 0.2) is 12.2 Å². The SMILES string of the molecule is CCCCCCC/C=C\CCCC(=O)OC(CCC(=O)[O-])[N+](C)(C)C. The number of unbranched alkanes of at least 4 members (excludes halogenated alkanes) is 6. The predicted octanol–water partition coefficient (Wildman–Crippen LogP) is 3.18. The number of hydrogen-bond acceptors (Lipinski definition) is 4. The zero-order chi connectivity index (χ0) is 19.1. The maximum Gasteiger partial charge on any atom is 0.310 e. The summed E-state index contributed by atoms with van der Waals surface area (Å²) in [4.78, 5) is 22.6. The van der Waals surface area contributed by atoms with E-state index < -0.39 is 12.2 Å². The Morgan fingerprint density at radius 2 is 1.56 bits per heavy atom. The van der Waals surface area contributed by atoms with Crippen molar-refractivity contribution in [2.75, 3.05) is 21.1 Å². The zero-order valence-corrected chi connectivity index (χ0v) is 16.6. The first-order valence-electron chi connectivity index (χ1n) is 9.62. The van der Waals surface area contributed by atoms with Crippen LogP contribution in [0, 0.1) is 0 Å². The molecule has 0 aliphatic heterocycles. The molecule has 146 valence electrons. The molecule has 25 heavy (non-hydrogen) atoms. The van der Waals surface area contributed by atoms with Gasteiger partial charge in [0.05, 0.1) is 21.1 Å². The van der Waals surface area contributed by atoms with Gasteiger partial charge in [-0.25, -0.2) is 0 Å². The Bertz CT molecular complexity index is 399. The number of esters is 1. The molecule has 0 aromatic rings. The Kier molecular flexibility index (Phi) is 13.1. The minimum atomic E-state index is -1.12. The van der Waals surface area contributed by atoms with Crippen LogP contribution in [-0.2, 0) is 14.3 Å². The third-order valence-electron chi connectivity index (χ3n) is 4.12. The van der Waals surface area contributed by atoms with Gasteiger partial charge in [0.25, 0.3) is 0 Å². The summed E-state index contributed by atoms with van der Waals surface area (Å²) in [5, 5.41) is 10.6. The van der Waals surface area contributed by atoms with Crippen molar-refractivity contribution in [2.45, 2.75) is 83.8 Å². The van der Waals surface area contributed by atoms with E-state index >= 15 is 0 Å². The van der Waals surface area contributed by atoms with Gasteiger partial charge >= 0.3 is 5.97 Å². The van der Waals surface area contributed by atoms with E-state index in [-0.39, 0.29) is 18.8 Å². The average Bonchev–Trinajstić information content (AvgIpc) is 2.52.